The van der Waals surface area contributed by atoms with Crippen molar-refractivity contribution in [1.29, 1.82) is 5.26 Å². The van der Waals surface area contributed by atoms with Crippen molar-refractivity contribution in [3.8, 4) is 6.07 Å². The first-order valence-corrected chi connectivity index (χ1v) is 4.35. The highest BCUT2D eigenvalue weighted by Gasteiger charge is 2.10. The molecule has 0 saturated heterocycles. The van der Waals surface area contributed by atoms with E-state index in [1.165, 1.54) is 13.2 Å². The highest BCUT2D eigenvalue weighted by atomic mass is 79.9. The van der Waals surface area contributed by atoms with Crippen LogP contribution in [0.2, 0.25) is 0 Å². The number of ether oxygens (including phenoxy) is 1. The van der Waals surface area contributed by atoms with Crippen LogP contribution >= 0.6 is 15.9 Å². The average Bonchev–Trinajstić information content (AvgIpc) is 2.13. The number of hydrogen-bond donors (Lipinski definition) is 0. The third kappa shape index (κ3) is 2.27. The maximum Gasteiger partial charge on any atom is 0.168 e. The summed E-state index contributed by atoms with van der Waals surface area (Å²) in [4.78, 5) is 0. The Kier molecular flexibility index (Phi) is 3.40. The van der Waals surface area contributed by atoms with E-state index < -0.39 is 11.9 Å². The van der Waals surface area contributed by atoms with Crippen LogP contribution in [-0.4, -0.2) is 7.11 Å². The highest BCUT2D eigenvalue weighted by molar-refractivity contribution is 9.10. The molecule has 0 spiro atoms. The van der Waals surface area contributed by atoms with Gasteiger partial charge in [-0.25, -0.2) is 4.39 Å². The van der Waals surface area contributed by atoms with E-state index in [2.05, 4.69) is 15.9 Å². The Bertz CT molecular complexity index is 348. The van der Waals surface area contributed by atoms with Crippen LogP contribution in [0.25, 0.3) is 0 Å². The van der Waals surface area contributed by atoms with Crippen molar-refractivity contribution >= 4 is 15.9 Å². The Morgan fingerprint density at radius 3 is 2.77 bits per heavy atom. The number of nitrogens with zero attached hydrogens (tertiary/aromatic N) is 1. The molecule has 0 radical (unpaired) electrons. The zero-order chi connectivity index (χ0) is 9.84. The second-order valence-corrected chi connectivity index (χ2v) is 3.27. The number of methoxy groups -OCH3 is 1. The van der Waals surface area contributed by atoms with E-state index in [4.69, 9.17) is 10.00 Å². The maximum absolute atomic E-state index is 13.0. The molecule has 0 saturated carbocycles. The summed E-state index contributed by atoms with van der Waals surface area (Å²) in [5.41, 5.74) is 0.519. The van der Waals surface area contributed by atoms with Crippen LogP contribution in [0.15, 0.2) is 22.7 Å². The number of nitriles is 1. The first-order chi connectivity index (χ1) is 6.19. The SMILES string of the molecule is COC(C#N)c1ccc(Br)c(F)c1. The van der Waals surface area contributed by atoms with Gasteiger partial charge in [0.15, 0.2) is 6.10 Å². The molecule has 1 aromatic rings. The van der Waals surface area contributed by atoms with Crippen molar-refractivity contribution in [2.45, 2.75) is 6.10 Å². The lowest BCUT2D eigenvalue weighted by Crippen LogP contribution is -1.98. The van der Waals surface area contributed by atoms with Gasteiger partial charge in [-0.3, -0.25) is 0 Å². The molecule has 1 unspecified atom stereocenters. The summed E-state index contributed by atoms with van der Waals surface area (Å²) in [5.74, 6) is -0.394. The summed E-state index contributed by atoms with van der Waals surface area (Å²) < 4.78 is 18.2. The molecule has 0 aliphatic heterocycles. The first kappa shape index (κ1) is 10.2. The lowest BCUT2D eigenvalue weighted by molar-refractivity contribution is 0.148. The van der Waals surface area contributed by atoms with Gasteiger partial charge in [0.2, 0.25) is 0 Å². The summed E-state index contributed by atoms with van der Waals surface area (Å²) in [6, 6.07) is 6.38. The van der Waals surface area contributed by atoms with E-state index in [9.17, 15) is 4.39 Å². The lowest BCUT2D eigenvalue weighted by Gasteiger charge is -2.07. The highest BCUT2D eigenvalue weighted by Crippen LogP contribution is 2.21. The van der Waals surface area contributed by atoms with Crippen LogP contribution in [0.3, 0.4) is 0 Å². The molecular formula is C9H7BrFNO. The second kappa shape index (κ2) is 4.35. The van der Waals surface area contributed by atoms with Gasteiger partial charge in [-0.2, -0.15) is 5.26 Å². The Morgan fingerprint density at radius 1 is 1.62 bits per heavy atom. The molecule has 0 bridgehead atoms. The standard InChI is InChI=1S/C9H7BrFNO/c1-13-9(5-12)6-2-3-7(10)8(11)4-6/h2-4,9H,1H3. The number of hydrogen-bond acceptors (Lipinski definition) is 2. The van der Waals surface area contributed by atoms with Crippen LogP contribution in [0, 0.1) is 17.1 Å². The zero-order valence-corrected chi connectivity index (χ0v) is 8.51. The zero-order valence-electron chi connectivity index (χ0n) is 6.92. The predicted octanol–water partition coefficient (Wildman–Crippen LogP) is 2.80. The molecule has 0 aliphatic rings. The predicted molar refractivity (Wildman–Crippen MR) is 49.5 cm³/mol. The van der Waals surface area contributed by atoms with Crippen molar-refractivity contribution in [2.24, 2.45) is 0 Å². The van der Waals surface area contributed by atoms with Crippen LogP contribution in [0.4, 0.5) is 4.39 Å². The van der Waals surface area contributed by atoms with Crippen LogP contribution < -0.4 is 0 Å². The summed E-state index contributed by atoms with van der Waals surface area (Å²) in [6.07, 6.45) is -0.706. The molecule has 0 heterocycles. The Morgan fingerprint density at radius 2 is 2.31 bits per heavy atom. The fourth-order valence-corrected chi connectivity index (χ4v) is 1.19. The monoisotopic (exact) mass is 243 g/mol. The van der Waals surface area contributed by atoms with Gasteiger partial charge in [-0.15, -0.1) is 0 Å². The van der Waals surface area contributed by atoms with Gasteiger partial charge in [0.25, 0.3) is 0 Å². The topological polar surface area (TPSA) is 33.0 Å². The Balaban J connectivity index is 3.04. The van der Waals surface area contributed by atoms with Crippen molar-refractivity contribution in [1.82, 2.24) is 0 Å². The lowest BCUT2D eigenvalue weighted by atomic mass is 10.1. The third-order valence-corrected chi connectivity index (χ3v) is 2.24. The minimum atomic E-state index is -0.706. The van der Waals surface area contributed by atoms with E-state index in [-0.39, 0.29) is 0 Å². The molecule has 1 atom stereocenters. The van der Waals surface area contributed by atoms with Gasteiger partial charge < -0.3 is 4.74 Å². The number of halogens is 2. The largest absolute Gasteiger partial charge is 0.362 e. The second-order valence-electron chi connectivity index (χ2n) is 2.42. The minimum Gasteiger partial charge on any atom is -0.362 e. The molecule has 0 aliphatic carbocycles. The van der Waals surface area contributed by atoms with E-state index in [0.29, 0.717) is 10.0 Å². The molecule has 68 valence electrons. The van der Waals surface area contributed by atoms with Crippen molar-refractivity contribution in [3.05, 3.63) is 34.1 Å². The molecule has 0 N–H and O–H groups in total. The van der Waals surface area contributed by atoms with E-state index in [1.54, 1.807) is 12.1 Å². The van der Waals surface area contributed by atoms with Gasteiger partial charge >= 0.3 is 0 Å². The molecule has 0 fully saturated rings. The Hall–Kier alpha value is -0.920. The summed E-state index contributed by atoms with van der Waals surface area (Å²) in [6.45, 7) is 0. The molecular weight excluding hydrogens is 237 g/mol. The van der Waals surface area contributed by atoms with Gasteiger partial charge in [-0.1, -0.05) is 6.07 Å². The maximum atomic E-state index is 13.0. The molecule has 0 amide bonds. The molecule has 4 heteroatoms. The van der Waals surface area contributed by atoms with Gasteiger partial charge in [0.1, 0.15) is 5.82 Å². The molecule has 2 nitrogen and oxygen atoms in total. The average molecular weight is 244 g/mol. The fourth-order valence-electron chi connectivity index (χ4n) is 0.939. The number of rotatable bonds is 2. The van der Waals surface area contributed by atoms with E-state index >= 15 is 0 Å². The molecule has 1 aromatic carbocycles. The summed E-state index contributed by atoms with van der Waals surface area (Å²) >= 11 is 3.02. The Labute approximate surface area is 84.1 Å². The third-order valence-electron chi connectivity index (χ3n) is 1.60. The van der Waals surface area contributed by atoms with Crippen molar-refractivity contribution in [3.63, 3.8) is 0 Å². The summed E-state index contributed by atoms with van der Waals surface area (Å²) in [7, 11) is 1.41. The van der Waals surface area contributed by atoms with E-state index in [0.717, 1.165) is 0 Å². The molecule has 1 rings (SSSR count). The van der Waals surface area contributed by atoms with Gasteiger partial charge in [0, 0.05) is 7.11 Å². The van der Waals surface area contributed by atoms with E-state index in [1.807, 2.05) is 6.07 Å². The summed E-state index contributed by atoms with van der Waals surface area (Å²) in [5, 5.41) is 8.63. The van der Waals surface area contributed by atoms with Crippen LogP contribution in [0.5, 0.6) is 0 Å². The van der Waals surface area contributed by atoms with Crippen molar-refractivity contribution in [2.75, 3.05) is 7.11 Å². The van der Waals surface area contributed by atoms with Crippen LogP contribution in [0.1, 0.15) is 11.7 Å². The fraction of sp³-hybridized carbons (Fsp3) is 0.222. The number of benzene rings is 1. The normalized spacial score (nSPS) is 12.2. The van der Waals surface area contributed by atoms with Crippen LogP contribution in [-0.2, 0) is 4.74 Å². The van der Waals surface area contributed by atoms with Gasteiger partial charge in [-0.05, 0) is 33.6 Å². The quantitative estimate of drug-likeness (QED) is 0.801. The molecule has 0 aromatic heterocycles. The van der Waals surface area contributed by atoms with Gasteiger partial charge in [0.05, 0.1) is 10.5 Å². The minimum absolute atomic E-state index is 0.379. The molecule has 13 heavy (non-hydrogen) atoms. The smallest absolute Gasteiger partial charge is 0.168 e. The van der Waals surface area contributed by atoms with Crippen molar-refractivity contribution < 1.29 is 9.13 Å². The first-order valence-electron chi connectivity index (χ1n) is 3.56.